The average Bonchev–Trinajstić information content (AvgIpc) is 2.87. The van der Waals surface area contributed by atoms with Gasteiger partial charge < -0.3 is 5.73 Å². The summed E-state index contributed by atoms with van der Waals surface area (Å²) in [5, 5.41) is 20.7. The third-order valence-corrected chi connectivity index (χ3v) is 2.54. The van der Waals surface area contributed by atoms with Crippen LogP contribution in [0.5, 0.6) is 0 Å². The van der Waals surface area contributed by atoms with E-state index < -0.39 is 5.91 Å². The predicted octanol–water partition coefficient (Wildman–Crippen LogP) is 0.599. The number of carbonyl (C=O) groups excluding carboxylic acids is 1. The van der Waals surface area contributed by atoms with Crippen LogP contribution >= 0.6 is 0 Å². The number of amides is 1. The molecule has 2 N–H and O–H groups in total. The molecule has 96 valence electrons. The Morgan fingerprint density at radius 2 is 2.16 bits per heavy atom. The molecule has 0 bridgehead atoms. The third kappa shape index (κ3) is 2.93. The Balaban J connectivity index is 2.18. The number of nitrogens with two attached hydrogens (primary N) is 1. The van der Waals surface area contributed by atoms with Crippen molar-refractivity contribution in [3.05, 3.63) is 29.8 Å². The van der Waals surface area contributed by atoms with Crippen LogP contribution in [-0.4, -0.2) is 26.1 Å². The molecule has 2 aromatic rings. The normalized spacial score (nSPS) is 11.8. The lowest BCUT2D eigenvalue weighted by atomic mass is 10.1. The zero-order valence-electron chi connectivity index (χ0n) is 10.3. The largest absolute Gasteiger partial charge is 0.366 e. The summed E-state index contributed by atoms with van der Waals surface area (Å²) < 4.78 is 0. The maximum absolute atomic E-state index is 11.0. The lowest BCUT2D eigenvalue weighted by Gasteiger charge is -1.99. The van der Waals surface area contributed by atoms with Crippen molar-refractivity contribution in [2.75, 3.05) is 0 Å². The standard InChI is InChI=1S/C12H12N6O/c1-8(6-13)7-18-16-12(15-17-18)10-4-2-9(3-5-10)11(14)19/h2-5,8H,7H2,1H3,(H2,14,19)/t8-/m0/s1. The lowest BCUT2D eigenvalue weighted by molar-refractivity contribution is 0.100. The first kappa shape index (κ1) is 12.7. The van der Waals surface area contributed by atoms with Crippen LogP contribution in [0.4, 0.5) is 0 Å². The summed E-state index contributed by atoms with van der Waals surface area (Å²) >= 11 is 0. The quantitative estimate of drug-likeness (QED) is 0.861. The van der Waals surface area contributed by atoms with Crippen LogP contribution in [0.25, 0.3) is 11.4 Å². The fourth-order valence-electron chi connectivity index (χ4n) is 1.51. The Kier molecular flexibility index (Phi) is 3.52. The highest BCUT2D eigenvalue weighted by Gasteiger charge is 2.09. The summed E-state index contributed by atoms with van der Waals surface area (Å²) in [6.45, 7) is 2.17. The van der Waals surface area contributed by atoms with E-state index in [-0.39, 0.29) is 5.92 Å². The summed E-state index contributed by atoms with van der Waals surface area (Å²) in [6, 6.07) is 8.72. The number of rotatable bonds is 4. The molecule has 7 nitrogen and oxygen atoms in total. The Labute approximate surface area is 109 Å². The van der Waals surface area contributed by atoms with Gasteiger partial charge in [-0.2, -0.15) is 10.1 Å². The van der Waals surface area contributed by atoms with E-state index in [9.17, 15) is 4.79 Å². The molecule has 7 heteroatoms. The van der Waals surface area contributed by atoms with Gasteiger partial charge in [0.15, 0.2) is 0 Å². The van der Waals surface area contributed by atoms with Gasteiger partial charge in [-0.25, -0.2) is 0 Å². The van der Waals surface area contributed by atoms with Crippen LogP contribution in [0.2, 0.25) is 0 Å². The van der Waals surface area contributed by atoms with Crippen LogP contribution in [0.3, 0.4) is 0 Å². The topological polar surface area (TPSA) is 110 Å². The van der Waals surface area contributed by atoms with Gasteiger partial charge in [0.25, 0.3) is 0 Å². The van der Waals surface area contributed by atoms with Gasteiger partial charge in [0, 0.05) is 11.1 Å². The van der Waals surface area contributed by atoms with Crippen LogP contribution < -0.4 is 5.73 Å². The number of nitrogens with zero attached hydrogens (tertiary/aromatic N) is 5. The molecule has 1 aromatic carbocycles. The highest BCUT2D eigenvalue weighted by molar-refractivity contribution is 5.93. The number of hydrogen-bond donors (Lipinski definition) is 1. The molecular formula is C12H12N6O. The molecule has 0 saturated carbocycles. The van der Waals surface area contributed by atoms with Gasteiger partial charge in [0.2, 0.25) is 11.7 Å². The van der Waals surface area contributed by atoms with E-state index in [0.717, 1.165) is 5.56 Å². The second-order valence-corrected chi connectivity index (χ2v) is 4.14. The minimum atomic E-state index is -0.481. The molecule has 0 radical (unpaired) electrons. The molecule has 0 saturated heterocycles. The van der Waals surface area contributed by atoms with Gasteiger partial charge in [0.05, 0.1) is 18.5 Å². The first-order chi connectivity index (χ1) is 9.10. The van der Waals surface area contributed by atoms with Crippen LogP contribution in [0, 0.1) is 17.2 Å². The Bertz CT molecular complexity index is 624. The van der Waals surface area contributed by atoms with E-state index in [1.54, 1.807) is 31.2 Å². The number of tetrazole rings is 1. The van der Waals surface area contributed by atoms with Crippen molar-refractivity contribution >= 4 is 5.91 Å². The molecule has 0 aliphatic rings. The van der Waals surface area contributed by atoms with Crippen molar-refractivity contribution in [1.29, 1.82) is 5.26 Å². The number of primary amides is 1. The predicted molar refractivity (Wildman–Crippen MR) is 66.5 cm³/mol. The second kappa shape index (κ2) is 5.27. The molecule has 1 atom stereocenters. The molecule has 0 unspecified atom stereocenters. The average molecular weight is 256 g/mol. The van der Waals surface area contributed by atoms with Crippen molar-refractivity contribution < 1.29 is 4.79 Å². The van der Waals surface area contributed by atoms with E-state index in [0.29, 0.717) is 17.9 Å². The van der Waals surface area contributed by atoms with Crippen LogP contribution in [0.1, 0.15) is 17.3 Å². The SMILES string of the molecule is C[C@@H](C#N)Cn1nnc(-c2ccc(C(N)=O)cc2)n1. The second-order valence-electron chi connectivity index (χ2n) is 4.14. The summed E-state index contributed by atoms with van der Waals surface area (Å²) in [4.78, 5) is 12.3. The number of carbonyl (C=O) groups is 1. The molecule has 19 heavy (non-hydrogen) atoms. The molecule has 0 aliphatic heterocycles. The molecule has 1 heterocycles. The highest BCUT2D eigenvalue weighted by Crippen LogP contribution is 2.14. The van der Waals surface area contributed by atoms with Crippen molar-refractivity contribution in [2.45, 2.75) is 13.5 Å². The summed E-state index contributed by atoms with van der Waals surface area (Å²) in [6.07, 6.45) is 0. The summed E-state index contributed by atoms with van der Waals surface area (Å²) in [7, 11) is 0. The first-order valence-corrected chi connectivity index (χ1v) is 5.68. The van der Waals surface area contributed by atoms with Crippen molar-refractivity contribution in [2.24, 2.45) is 11.7 Å². The van der Waals surface area contributed by atoms with Gasteiger partial charge in [-0.05, 0) is 24.3 Å². The van der Waals surface area contributed by atoms with Gasteiger partial charge in [0.1, 0.15) is 0 Å². The number of benzene rings is 1. The van der Waals surface area contributed by atoms with Gasteiger partial charge in [-0.1, -0.05) is 12.1 Å². The molecule has 1 aromatic heterocycles. The van der Waals surface area contributed by atoms with Crippen LogP contribution in [-0.2, 0) is 6.54 Å². The highest BCUT2D eigenvalue weighted by atomic mass is 16.1. The Morgan fingerprint density at radius 1 is 1.47 bits per heavy atom. The minimum Gasteiger partial charge on any atom is -0.366 e. The zero-order chi connectivity index (χ0) is 13.8. The fourth-order valence-corrected chi connectivity index (χ4v) is 1.51. The van der Waals surface area contributed by atoms with Crippen molar-refractivity contribution in [1.82, 2.24) is 20.2 Å². The summed E-state index contributed by atoms with van der Waals surface area (Å²) in [5.41, 5.74) is 6.32. The monoisotopic (exact) mass is 256 g/mol. The molecular weight excluding hydrogens is 244 g/mol. The van der Waals surface area contributed by atoms with Gasteiger partial charge in [-0.15, -0.1) is 10.2 Å². The van der Waals surface area contributed by atoms with Crippen molar-refractivity contribution in [3.63, 3.8) is 0 Å². The van der Waals surface area contributed by atoms with Gasteiger partial charge in [-0.3, -0.25) is 4.79 Å². The molecule has 0 fully saturated rings. The minimum absolute atomic E-state index is 0.181. The Hall–Kier alpha value is -2.75. The van der Waals surface area contributed by atoms with E-state index in [1.165, 1.54) is 4.80 Å². The molecule has 0 aliphatic carbocycles. The molecule has 1 amide bonds. The van der Waals surface area contributed by atoms with E-state index in [1.807, 2.05) is 0 Å². The number of hydrogen-bond acceptors (Lipinski definition) is 5. The van der Waals surface area contributed by atoms with Crippen molar-refractivity contribution in [3.8, 4) is 17.5 Å². The Morgan fingerprint density at radius 3 is 2.74 bits per heavy atom. The number of nitriles is 1. The van der Waals surface area contributed by atoms with E-state index in [2.05, 4.69) is 21.5 Å². The fraction of sp³-hybridized carbons (Fsp3) is 0.250. The van der Waals surface area contributed by atoms with E-state index in [4.69, 9.17) is 11.0 Å². The maximum Gasteiger partial charge on any atom is 0.248 e. The molecule has 2 rings (SSSR count). The summed E-state index contributed by atoms with van der Waals surface area (Å²) in [5.74, 6) is -0.216. The smallest absolute Gasteiger partial charge is 0.248 e. The lowest BCUT2D eigenvalue weighted by Crippen LogP contribution is -2.10. The number of aromatic nitrogens is 4. The van der Waals surface area contributed by atoms with Gasteiger partial charge >= 0.3 is 0 Å². The van der Waals surface area contributed by atoms with E-state index >= 15 is 0 Å². The maximum atomic E-state index is 11.0. The first-order valence-electron chi connectivity index (χ1n) is 5.68. The zero-order valence-corrected chi connectivity index (χ0v) is 10.3. The molecule has 0 spiro atoms. The third-order valence-electron chi connectivity index (χ3n) is 2.54. The van der Waals surface area contributed by atoms with Crippen LogP contribution in [0.15, 0.2) is 24.3 Å².